The van der Waals surface area contributed by atoms with E-state index in [-0.39, 0.29) is 40.3 Å². The Labute approximate surface area is 315 Å². The van der Waals surface area contributed by atoms with Crippen molar-refractivity contribution in [1.82, 2.24) is 24.5 Å². The molecule has 2 aliphatic rings. The van der Waals surface area contributed by atoms with Gasteiger partial charge >= 0.3 is 6.18 Å². The Morgan fingerprint density at radius 2 is 1.75 bits per heavy atom. The molecule has 0 aliphatic heterocycles. The molecular formula is C37H33F7N8O3S. The summed E-state index contributed by atoms with van der Waals surface area (Å²) in [6, 6.07) is 7.91. The number of aromatic nitrogens is 5. The van der Waals surface area contributed by atoms with E-state index in [1.54, 1.807) is 32.0 Å². The van der Waals surface area contributed by atoms with E-state index in [4.69, 9.17) is 16.5 Å². The molecule has 1 saturated carbocycles. The number of carbonyl (C=O) groups is 1. The highest BCUT2D eigenvalue weighted by Gasteiger charge is 2.69. The summed E-state index contributed by atoms with van der Waals surface area (Å²) in [7, 11) is -2.32. The number of sulfonamides is 1. The lowest BCUT2D eigenvalue weighted by Crippen LogP contribution is -2.37. The zero-order valence-corrected chi connectivity index (χ0v) is 30.8. The van der Waals surface area contributed by atoms with Gasteiger partial charge in [0.05, 0.1) is 23.0 Å². The van der Waals surface area contributed by atoms with Crippen LogP contribution in [-0.2, 0) is 40.4 Å². The summed E-state index contributed by atoms with van der Waals surface area (Å²) in [6.07, 6.45) is -5.09. The molecule has 3 heterocycles. The van der Waals surface area contributed by atoms with Crippen LogP contribution < -0.4 is 16.2 Å². The standard InChI is InChI=1S/C37H33F7N8O3S/c1-35(2,46)11-10-20-8-9-21(22-6-5-7-23-29(22)51(3)49-34(23)50-56(4,54)55)28(47-20)25(14-17-12-18(38)15-19(39)13-17)30(33(45)53)52-32-27(31(48-52)37(42,43)44)24-16-26(24)36(32,40)41/h5-9,12-13,15,24-26,30H,14,16,46H2,1-4H3,(H2,45,53)(H,49,50)/t24-,25+,26+,30?/m0/s1. The lowest BCUT2D eigenvalue weighted by atomic mass is 9.84. The van der Waals surface area contributed by atoms with E-state index in [0.29, 0.717) is 21.7 Å². The number of rotatable bonds is 9. The summed E-state index contributed by atoms with van der Waals surface area (Å²) in [5, 5.41) is 8.23. The Balaban J connectivity index is 1.55. The molecule has 1 amide bonds. The molecule has 0 radical (unpaired) electrons. The monoisotopic (exact) mass is 802 g/mol. The number of primary amides is 1. The van der Waals surface area contributed by atoms with Gasteiger partial charge in [0.2, 0.25) is 15.9 Å². The van der Waals surface area contributed by atoms with Gasteiger partial charge in [0, 0.05) is 47.0 Å². The lowest BCUT2D eigenvalue weighted by Gasteiger charge is -2.29. The predicted molar refractivity (Wildman–Crippen MR) is 191 cm³/mol. The third-order valence-corrected chi connectivity index (χ3v) is 10.3. The number of hydrogen-bond donors (Lipinski definition) is 3. The van der Waals surface area contributed by atoms with Crippen LogP contribution in [-0.4, -0.2) is 50.7 Å². The third kappa shape index (κ3) is 7.07. The minimum absolute atomic E-state index is 0.0192. The van der Waals surface area contributed by atoms with Crippen LogP contribution in [0.2, 0.25) is 0 Å². The second kappa shape index (κ2) is 13.0. The summed E-state index contributed by atoms with van der Waals surface area (Å²) in [5.41, 5.74) is 8.01. The highest BCUT2D eigenvalue weighted by atomic mass is 32.2. The first-order valence-corrected chi connectivity index (χ1v) is 18.9. The molecule has 1 unspecified atom stereocenters. The first-order chi connectivity index (χ1) is 25.9. The fourth-order valence-electron chi connectivity index (χ4n) is 7.55. The van der Waals surface area contributed by atoms with Gasteiger partial charge in [-0.15, -0.1) is 0 Å². The lowest BCUT2D eigenvalue weighted by molar-refractivity contribution is -0.142. The molecular weight excluding hydrogens is 770 g/mol. The van der Waals surface area contributed by atoms with Gasteiger partial charge < -0.3 is 11.5 Å². The van der Waals surface area contributed by atoms with E-state index in [2.05, 4.69) is 26.8 Å². The zero-order chi connectivity index (χ0) is 40.9. The summed E-state index contributed by atoms with van der Waals surface area (Å²) in [6.45, 7) is 3.21. The van der Waals surface area contributed by atoms with Gasteiger partial charge in [0.15, 0.2) is 11.5 Å². The number of nitrogens with one attached hydrogen (secondary N) is 1. The molecule has 7 rings (SSSR count). The van der Waals surface area contributed by atoms with Crippen LogP contribution in [0, 0.1) is 29.4 Å². The fourth-order valence-corrected chi connectivity index (χ4v) is 8.05. The van der Waals surface area contributed by atoms with Crippen LogP contribution in [0.15, 0.2) is 48.5 Å². The van der Waals surface area contributed by atoms with E-state index in [1.165, 1.54) is 23.9 Å². The van der Waals surface area contributed by atoms with Crippen molar-refractivity contribution < 1.29 is 43.9 Å². The first kappa shape index (κ1) is 38.8. The first-order valence-electron chi connectivity index (χ1n) is 17.0. The van der Waals surface area contributed by atoms with Crippen LogP contribution in [0.5, 0.6) is 0 Å². The number of alkyl halides is 5. The van der Waals surface area contributed by atoms with Crippen molar-refractivity contribution in [2.45, 2.75) is 62.2 Å². The molecule has 2 aliphatic carbocycles. The van der Waals surface area contributed by atoms with E-state index in [0.717, 1.165) is 18.4 Å². The summed E-state index contributed by atoms with van der Waals surface area (Å²) in [5.74, 6) is -6.04. The Bertz CT molecular complexity index is 2600. The second-order valence-corrected chi connectivity index (χ2v) is 16.5. The number of anilines is 1. The normalized spacial score (nSPS) is 18.5. The Morgan fingerprint density at radius 1 is 1.07 bits per heavy atom. The molecule has 19 heteroatoms. The summed E-state index contributed by atoms with van der Waals surface area (Å²) >= 11 is 0. The van der Waals surface area contributed by atoms with Crippen molar-refractivity contribution in [2.75, 3.05) is 11.0 Å². The van der Waals surface area contributed by atoms with Gasteiger partial charge in [-0.05, 0) is 74.4 Å². The molecule has 2 aromatic carbocycles. The molecule has 4 atom stereocenters. The number of nitrogens with zero attached hydrogens (tertiary/aromatic N) is 5. The van der Waals surface area contributed by atoms with Crippen molar-refractivity contribution in [2.24, 2.45) is 24.4 Å². The van der Waals surface area contributed by atoms with Crippen LogP contribution in [0.4, 0.5) is 36.6 Å². The van der Waals surface area contributed by atoms with E-state index < -0.39 is 92.4 Å². The number of para-hydroxylation sites is 1. The van der Waals surface area contributed by atoms with Crippen molar-refractivity contribution in [3.63, 3.8) is 0 Å². The predicted octanol–water partition coefficient (Wildman–Crippen LogP) is 5.85. The summed E-state index contributed by atoms with van der Waals surface area (Å²) < 4.78 is 133. The Kier molecular flexibility index (Phi) is 9.04. The van der Waals surface area contributed by atoms with Crippen molar-refractivity contribution in [3.05, 3.63) is 94.1 Å². The molecule has 0 spiro atoms. The smallest absolute Gasteiger partial charge is 0.368 e. The van der Waals surface area contributed by atoms with Crippen LogP contribution in [0.3, 0.4) is 0 Å². The molecule has 56 heavy (non-hydrogen) atoms. The fraction of sp³-hybridized carbons (Fsp3) is 0.351. The molecule has 11 nitrogen and oxygen atoms in total. The van der Waals surface area contributed by atoms with Gasteiger partial charge in [0.25, 0.3) is 5.92 Å². The SMILES string of the molecule is Cn1nc(NS(C)(=O)=O)c2cccc(-c3ccc(C#CC(C)(C)N)nc3[C@@H](Cc3cc(F)cc(F)c3)C(C(N)=O)n3nc(C(F)(F)F)c4c3C(F)(F)[C@@H]3C[C@H]43)c21. The van der Waals surface area contributed by atoms with Gasteiger partial charge in [-0.25, -0.2) is 26.9 Å². The van der Waals surface area contributed by atoms with Crippen molar-refractivity contribution in [3.8, 4) is 23.0 Å². The molecule has 294 valence electrons. The maximum Gasteiger partial charge on any atom is 0.435 e. The average molecular weight is 803 g/mol. The second-order valence-electron chi connectivity index (χ2n) is 14.7. The number of halogens is 7. The number of fused-ring (bicyclic) bond motifs is 4. The number of nitrogens with two attached hydrogens (primary N) is 2. The Morgan fingerprint density at radius 3 is 2.36 bits per heavy atom. The topological polar surface area (TPSA) is 164 Å². The molecule has 1 fully saturated rings. The van der Waals surface area contributed by atoms with Crippen LogP contribution >= 0.6 is 0 Å². The summed E-state index contributed by atoms with van der Waals surface area (Å²) in [4.78, 5) is 18.4. The molecule has 0 saturated heterocycles. The highest BCUT2D eigenvalue weighted by Crippen LogP contribution is 2.69. The number of carbonyl (C=O) groups excluding carboxylic acids is 1. The van der Waals surface area contributed by atoms with Gasteiger partial charge in [-0.2, -0.15) is 32.1 Å². The maximum atomic E-state index is 16.0. The van der Waals surface area contributed by atoms with Gasteiger partial charge in [-0.3, -0.25) is 14.2 Å². The third-order valence-electron chi connectivity index (χ3n) is 9.70. The quantitative estimate of drug-likeness (QED) is 0.124. The minimum Gasteiger partial charge on any atom is -0.368 e. The van der Waals surface area contributed by atoms with E-state index in [9.17, 15) is 35.2 Å². The Hall–Kier alpha value is -5.48. The van der Waals surface area contributed by atoms with Crippen molar-refractivity contribution >= 4 is 32.7 Å². The maximum absolute atomic E-state index is 16.0. The molecule has 5 aromatic rings. The van der Waals surface area contributed by atoms with Crippen LogP contribution in [0.25, 0.3) is 22.0 Å². The molecule has 0 bridgehead atoms. The number of benzene rings is 2. The minimum atomic E-state index is -5.20. The number of hydrogen-bond acceptors (Lipinski definition) is 7. The number of aryl methyl sites for hydroxylation is 1. The van der Waals surface area contributed by atoms with Crippen molar-refractivity contribution in [1.29, 1.82) is 0 Å². The molecule has 5 N–H and O–H groups in total. The number of pyridine rings is 1. The molecule has 3 aromatic heterocycles. The van der Waals surface area contributed by atoms with Crippen LogP contribution in [0.1, 0.15) is 72.0 Å². The number of amides is 1. The largest absolute Gasteiger partial charge is 0.435 e. The van der Waals surface area contributed by atoms with E-state index in [1.807, 2.05) is 0 Å². The van der Waals surface area contributed by atoms with Gasteiger partial charge in [0.1, 0.15) is 29.1 Å². The average Bonchev–Trinajstić information content (AvgIpc) is 3.60. The van der Waals surface area contributed by atoms with Gasteiger partial charge in [-0.1, -0.05) is 18.1 Å². The van der Waals surface area contributed by atoms with E-state index >= 15 is 8.78 Å². The highest BCUT2D eigenvalue weighted by molar-refractivity contribution is 7.92. The zero-order valence-electron chi connectivity index (χ0n) is 30.0.